The molecular weight excluding hydrogens is 370 g/mol. The number of aromatic nitrogens is 1. The van der Waals surface area contributed by atoms with E-state index < -0.39 is 10.3 Å². The Hall–Kier alpha value is -2.41. The van der Waals surface area contributed by atoms with Crippen molar-refractivity contribution >= 4 is 40.8 Å². The summed E-state index contributed by atoms with van der Waals surface area (Å²) in [6, 6.07) is 4.67. The molecule has 0 aliphatic carbocycles. The van der Waals surface area contributed by atoms with Crippen LogP contribution in [0.2, 0.25) is 0 Å². The lowest BCUT2D eigenvalue weighted by molar-refractivity contribution is -0.384. The predicted octanol–water partition coefficient (Wildman–Crippen LogP) is 4.35. The van der Waals surface area contributed by atoms with Gasteiger partial charge in [-0.15, -0.1) is 12.4 Å². The molecule has 2 aromatic rings. The molecule has 1 heterocycles. The zero-order valence-corrected chi connectivity index (χ0v) is 17.4. The van der Waals surface area contributed by atoms with E-state index in [1.807, 2.05) is 27.7 Å². The predicted molar refractivity (Wildman–Crippen MR) is 109 cm³/mol. The quantitative estimate of drug-likeness (QED) is 0.613. The number of primary amides is 1. The Kier molecular flexibility index (Phi) is 8.66. The Morgan fingerprint density at radius 1 is 1.26 bits per heavy atom. The SMILES string of the molecule is CC(C)C(N)=O.CCc1cn(C(=O)C(C)(C)C)c2cc([N+](=O)[O-])ccc12.Cl. The van der Waals surface area contributed by atoms with Crippen LogP contribution in [-0.2, 0) is 11.2 Å². The smallest absolute Gasteiger partial charge is 0.271 e. The van der Waals surface area contributed by atoms with Crippen LogP contribution in [0, 0.1) is 21.4 Å². The molecule has 0 fully saturated rings. The minimum atomic E-state index is -0.540. The van der Waals surface area contributed by atoms with Gasteiger partial charge in [0.25, 0.3) is 5.69 Å². The van der Waals surface area contributed by atoms with E-state index in [9.17, 15) is 19.7 Å². The Morgan fingerprint density at radius 3 is 2.15 bits per heavy atom. The van der Waals surface area contributed by atoms with Gasteiger partial charge >= 0.3 is 0 Å². The monoisotopic (exact) mass is 397 g/mol. The highest BCUT2D eigenvalue weighted by atomic mass is 35.5. The molecule has 0 spiro atoms. The number of amides is 1. The number of nitro groups is 1. The number of nitrogens with two attached hydrogens (primary N) is 1. The fourth-order valence-electron chi connectivity index (χ4n) is 2.21. The third-order valence-corrected chi connectivity index (χ3v) is 3.89. The highest BCUT2D eigenvalue weighted by Gasteiger charge is 2.25. The van der Waals surface area contributed by atoms with E-state index in [1.165, 1.54) is 12.1 Å². The average molecular weight is 398 g/mol. The van der Waals surface area contributed by atoms with E-state index in [1.54, 1.807) is 30.7 Å². The summed E-state index contributed by atoms with van der Waals surface area (Å²) >= 11 is 0. The van der Waals surface area contributed by atoms with Crippen LogP contribution in [0.25, 0.3) is 10.9 Å². The number of carbonyl (C=O) groups is 2. The summed E-state index contributed by atoms with van der Waals surface area (Å²) in [5.41, 5.74) is 5.89. The van der Waals surface area contributed by atoms with Gasteiger partial charge in [-0.05, 0) is 18.1 Å². The number of rotatable bonds is 3. The molecule has 0 saturated carbocycles. The fourth-order valence-corrected chi connectivity index (χ4v) is 2.21. The second-order valence-corrected chi connectivity index (χ2v) is 7.45. The normalized spacial score (nSPS) is 10.8. The van der Waals surface area contributed by atoms with Gasteiger partial charge in [-0.3, -0.25) is 24.3 Å². The maximum Gasteiger partial charge on any atom is 0.271 e. The molecule has 0 saturated heterocycles. The van der Waals surface area contributed by atoms with Crippen molar-refractivity contribution in [3.8, 4) is 0 Å². The summed E-state index contributed by atoms with van der Waals surface area (Å²) < 4.78 is 1.54. The van der Waals surface area contributed by atoms with Crippen molar-refractivity contribution in [2.24, 2.45) is 17.1 Å². The van der Waals surface area contributed by atoms with Crippen molar-refractivity contribution in [3.63, 3.8) is 0 Å². The zero-order valence-electron chi connectivity index (χ0n) is 16.6. The second-order valence-electron chi connectivity index (χ2n) is 7.45. The number of fused-ring (bicyclic) bond motifs is 1. The lowest BCUT2D eigenvalue weighted by Crippen LogP contribution is -2.26. The molecule has 0 aliphatic rings. The van der Waals surface area contributed by atoms with E-state index in [0.29, 0.717) is 5.52 Å². The van der Waals surface area contributed by atoms with Gasteiger partial charge in [-0.2, -0.15) is 0 Å². The summed E-state index contributed by atoms with van der Waals surface area (Å²) in [6.07, 6.45) is 2.57. The van der Waals surface area contributed by atoms with Crippen LogP contribution in [0.1, 0.15) is 51.9 Å². The van der Waals surface area contributed by atoms with Crippen molar-refractivity contribution in [2.45, 2.75) is 48.0 Å². The summed E-state index contributed by atoms with van der Waals surface area (Å²) in [5, 5.41) is 11.8. The molecule has 8 heteroatoms. The van der Waals surface area contributed by atoms with Crippen LogP contribution in [0.4, 0.5) is 5.69 Å². The number of halogens is 1. The third-order valence-electron chi connectivity index (χ3n) is 3.89. The minimum Gasteiger partial charge on any atom is -0.369 e. The van der Waals surface area contributed by atoms with Gasteiger partial charge in [0.1, 0.15) is 0 Å². The molecule has 2 N–H and O–H groups in total. The van der Waals surface area contributed by atoms with Crippen molar-refractivity contribution in [1.82, 2.24) is 4.57 Å². The highest BCUT2D eigenvalue weighted by Crippen LogP contribution is 2.29. The number of nitrogens with zero attached hydrogens (tertiary/aromatic N) is 2. The maximum absolute atomic E-state index is 12.5. The number of carbonyl (C=O) groups excluding carboxylic acids is 2. The van der Waals surface area contributed by atoms with Gasteiger partial charge in [-0.1, -0.05) is 41.5 Å². The van der Waals surface area contributed by atoms with Crippen LogP contribution in [0.5, 0.6) is 0 Å². The van der Waals surface area contributed by atoms with Crippen molar-refractivity contribution < 1.29 is 14.5 Å². The average Bonchev–Trinajstić information content (AvgIpc) is 2.91. The standard InChI is InChI=1S/C15H18N2O3.C4H9NO.ClH/c1-5-10-9-16(14(18)15(2,3)4)13-8-11(17(19)20)6-7-12(10)13;1-3(2)4(5)6;/h6-9H,5H2,1-4H3;3H,1-2H3,(H2,5,6);1H. The summed E-state index contributed by atoms with van der Waals surface area (Å²) in [7, 11) is 0. The number of nitro benzene ring substituents is 1. The molecule has 0 bridgehead atoms. The number of aryl methyl sites for hydroxylation is 1. The first-order chi connectivity index (χ1) is 11.9. The van der Waals surface area contributed by atoms with Crippen molar-refractivity contribution in [1.29, 1.82) is 0 Å². The van der Waals surface area contributed by atoms with E-state index in [0.717, 1.165) is 17.4 Å². The first-order valence-corrected chi connectivity index (χ1v) is 8.52. The fraction of sp³-hybridized carbons (Fsp3) is 0.474. The largest absolute Gasteiger partial charge is 0.369 e. The Balaban J connectivity index is 0.000000842. The number of hydrogen-bond acceptors (Lipinski definition) is 4. The molecule has 27 heavy (non-hydrogen) atoms. The van der Waals surface area contributed by atoms with Gasteiger partial charge < -0.3 is 5.73 Å². The number of non-ortho nitro benzene ring substituents is 1. The molecule has 1 aromatic heterocycles. The zero-order chi connectivity index (χ0) is 20.2. The van der Waals surface area contributed by atoms with Gasteiger partial charge in [-0.25, -0.2) is 0 Å². The molecule has 0 unspecified atom stereocenters. The molecule has 150 valence electrons. The first-order valence-electron chi connectivity index (χ1n) is 8.52. The Morgan fingerprint density at radius 2 is 1.78 bits per heavy atom. The van der Waals surface area contributed by atoms with Crippen LogP contribution >= 0.6 is 12.4 Å². The van der Waals surface area contributed by atoms with Crippen LogP contribution in [-0.4, -0.2) is 21.3 Å². The molecule has 7 nitrogen and oxygen atoms in total. The van der Waals surface area contributed by atoms with Crippen molar-refractivity contribution in [3.05, 3.63) is 40.1 Å². The molecule has 0 radical (unpaired) electrons. The molecule has 2 rings (SSSR count). The summed E-state index contributed by atoms with van der Waals surface area (Å²) in [4.78, 5) is 32.9. The van der Waals surface area contributed by atoms with Crippen LogP contribution < -0.4 is 5.73 Å². The highest BCUT2D eigenvalue weighted by molar-refractivity contribution is 5.97. The van der Waals surface area contributed by atoms with Gasteiger partial charge in [0.05, 0.1) is 10.4 Å². The van der Waals surface area contributed by atoms with Crippen LogP contribution in [0.15, 0.2) is 24.4 Å². The first kappa shape index (κ1) is 24.6. The van der Waals surface area contributed by atoms with E-state index in [2.05, 4.69) is 0 Å². The molecule has 0 aliphatic heterocycles. The van der Waals surface area contributed by atoms with Gasteiger partial charge in [0, 0.05) is 35.0 Å². The minimum absolute atomic E-state index is 0. The molecule has 0 atom stereocenters. The van der Waals surface area contributed by atoms with E-state index >= 15 is 0 Å². The van der Waals surface area contributed by atoms with E-state index in [4.69, 9.17) is 5.73 Å². The topological polar surface area (TPSA) is 108 Å². The second kappa shape index (κ2) is 9.50. The summed E-state index contributed by atoms with van der Waals surface area (Å²) in [5.74, 6) is -0.317. The third kappa shape index (κ3) is 6.06. The number of benzene rings is 1. The van der Waals surface area contributed by atoms with Crippen molar-refractivity contribution in [2.75, 3.05) is 0 Å². The number of hydrogen-bond donors (Lipinski definition) is 1. The van der Waals surface area contributed by atoms with Gasteiger partial charge in [0.2, 0.25) is 11.8 Å². The maximum atomic E-state index is 12.5. The van der Waals surface area contributed by atoms with Gasteiger partial charge in [0.15, 0.2) is 0 Å². The Labute approximate surface area is 165 Å². The summed E-state index contributed by atoms with van der Waals surface area (Å²) in [6.45, 7) is 11.0. The lowest BCUT2D eigenvalue weighted by Gasteiger charge is -2.17. The molecular formula is C19H28ClN3O4. The molecule has 1 amide bonds. The lowest BCUT2D eigenvalue weighted by atomic mass is 9.95. The Bertz CT molecular complexity index is 835. The molecule has 1 aromatic carbocycles. The van der Waals surface area contributed by atoms with E-state index in [-0.39, 0.29) is 35.8 Å². The van der Waals surface area contributed by atoms with Crippen LogP contribution in [0.3, 0.4) is 0 Å².